The predicted octanol–water partition coefficient (Wildman–Crippen LogP) is 2.92. The van der Waals surface area contributed by atoms with E-state index < -0.39 is 0 Å². The van der Waals surface area contributed by atoms with Crippen molar-refractivity contribution in [2.75, 3.05) is 26.2 Å². The molecule has 0 aliphatic carbocycles. The fourth-order valence-electron chi connectivity index (χ4n) is 2.85. The van der Waals surface area contributed by atoms with E-state index in [1.807, 2.05) is 0 Å². The zero-order valence-electron chi connectivity index (χ0n) is 12.8. The lowest BCUT2D eigenvalue weighted by Crippen LogP contribution is -2.38. The van der Waals surface area contributed by atoms with Crippen LogP contribution in [0.15, 0.2) is 18.2 Å². The van der Waals surface area contributed by atoms with Gasteiger partial charge < -0.3 is 14.7 Å². The Hall–Kier alpha value is -1.06. The van der Waals surface area contributed by atoms with E-state index in [0.29, 0.717) is 12.7 Å². The van der Waals surface area contributed by atoms with Gasteiger partial charge in [-0.1, -0.05) is 18.2 Å². The van der Waals surface area contributed by atoms with Gasteiger partial charge in [-0.05, 0) is 57.2 Å². The minimum Gasteiger partial charge on any atom is -0.490 e. The number of aliphatic hydroxyl groups is 1. The Morgan fingerprint density at radius 3 is 2.40 bits per heavy atom. The molecule has 0 bridgehead atoms. The maximum atomic E-state index is 8.82. The monoisotopic (exact) mass is 277 g/mol. The molecule has 0 unspecified atom stereocenters. The number of ether oxygens (including phenoxy) is 1. The first-order valence-corrected chi connectivity index (χ1v) is 7.77. The minimum atomic E-state index is 0.312. The first-order valence-electron chi connectivity index (χ1n) is 7.77. The maximum Gasteiger partial charge on any atom is 0.125 e. The van der Waals surface area contributed by atoms with Gasteiger partial charge in [0.1, 0.15) is 11.9 Å². The molecular formula is C17H27NO2. The van der Waals surface area contributed by atoms with Gasteiger partial charge in [-0.15, -0.1) is 0 Å². The van der Waals surface area contributed by atoms with Crippen molar-refractivity contribution in [2.24, 2.45) is 0 Å². The Labute approximate surface area is 122 Å². The third-order valence-electron chi connectivity index (χ3n) is 4.11. The van der Waals surface area contributed by atoms with E-state index in [0.717, 1.165) is 51.1 Å². The number of aliphatic hydroxyl groups excluding tert-OH is 1. The average molecular weight is 277 g/mol. The highest BCUT2D eigenvalue weighted by Gasteiger charge is 2.21. The Bertz CT molecular complexity index is 391. The minimum absolute atomic E-state index is 0.312. The van der Waals surface area contributed by atoms with Gasteiger partial charge in [0.05, 0.1) is 0 Å². The van der Waals surface area contributed by atoms with Crippen molar-refractivity contribution < 1.29 is 9.84 Å². The molecule has 0 spiro atoms. The summed E-state index contributed by atoms with van der Waals surface area (Å²) < 4.78 is 6.22. The molecule has 1 aliphatic heterocycles. The van der Waals surface area contributed by atoms with Crippen LogP contribution in [0.4, 0.5) is 0 Å². The molecule has 0 aromatic heterocycles. The lowest BCUT2D eigenvalue weighted by atomic mass is 10.1. The van der Waals surface area contributed by atoms with E-state index in [-0.39, 0.29) is 0 Å². The SMILES string of the molecule is Cc1cccc(C)c1OC1CCN(CCCCO)CC1. The summed E-state index contributed by atoms with van der Waals surface area (Å²) in [6.45, 7) is 7.88. The molecule has 0 saturated carbocycles. The zero-order chi connectivity index (χ0) is 14.4. The quantitative estimate of drug-likeness (QED) is 0.812. The number of piperidine rings is 1. The van der Waals surface area contributed by atoms with Crippen molar-refractivity contribution in [3.05, 3.63) is 29.3 Å². The van der Waals surface area contributed by atoms with Crippen LogP contribution in [0, 0.1) is 13.8 Å². The lowest BCUT2D eigenvalue weighted by Gasteiger charge is -2.32. The summed E-state index contributed by atoms with van der Waals surface area (Å²) in [5, 5.41) is 8.82. The highest BCUT2D eigenvalue weighted by molar-refractivity contribution is 5.39. The van der Waals surface area contributed by atoms with Crippen LogP contribution in [0.5, 0.6) is 5.75 Å². The summed E-state index contributed by atoms with van der Waals surface area (Å²) in [6, 6.07) is 6.32. The van der Waals surface area contributed by atoms with Crippen molar-refractivity contribution in [3.63, 3.8) is 0 Å². The van der Waals surface area contributed by atoms with Crippen LogP contribution in [0.2, 0.25) is 0 Å². The topological polar surface area (TPSA) is 32.7 Å². The molecule has 0 amide bonds. The standard InChI is InChI=1S/C17H27NO2/c1-14-6-5-7-15(2)17(14)20-16-8-11-18(12-9-16)10-3-4-13-19/h5-7,16,19H,3-4,8-13H2,1-2H3. The number of aryl methyl sites for hydroxylation is 2. The van der Waals surface area contributed by atoms with Crippen molar-refractivity contribution in [2.45, 2.75) is 45.6 Å². The molecule has 1 saturated heterocycles. The fourth-order valence-corrected chi connectivity index (χ4v) is 2.85. The van der Waals surface area contributed by atoms with Crippen LogP contribution in [0.3, 0.4) is 0 Å². The summed E-state index contributed by atoms with van der Waals surface area (Å²) >= 11 is 0. The summed E-state index contributed by atoms with van der Waals surface area (Å²) in [6.07, 6.45) is 4.57. The molecule has 1 aromatic carbocycles. The Morgan fingerprint density at radius 2 is 1.80 bits per heavy atom. The van der Waals surface area contributed by atoms with Crippen LogP contribution < -0.4 is 4.74 Å². The van der Waals surface area contributed by atoms with Gasteiger partial charge in [-0.25, -0.2) is 0 Å². The number of para-hydroxylation sites is 1. The number of hydrogen-bond donors (Lipinski definition) is 1. The maximum absolute atomic E-state index is 8.82. The molecule has 3 heteroatoms. The molecule has 112 valence electrons. The van der Waals surface area contributed by atoms with Gasteiger partial charge in [0.2, 0.25) is 0 Å². The number of likely N-dealkylation sites (tertiary alicyclic amines) is 1. The molecule has 1 aliphatic rings. The van der Waals surface area contributed by atoms with E-state index >= 15 is 0 Å². The van der Waals surface area contributed by atoms with Crippen molar-refractivity contribution >= 4 is 0 Å². The summed E-state index contributed by atoms with van der Waals surface area (Å²) in [5.41, 5.74) is 2.46. The largest absolute Gasteiger partial charge is 0.490 e. The lowest BCUT2D eigenvalue weighted by molar-refractivity contribution is 0.0974. The first kappa shape index (κ1) is 15.3. The zero-order valence-corrected chi connectivity index (χ0v) is 12.8. The Morgan fingerprint density at radius 1 is 1.15 bits per heavy atom. The Balaban J connectivity index is 1.80. The van der Waals surface area contributed by atoms with Crippen LogP contribution in [-0.4, -0.2) is 42.4 Å². The van der Waals surface area contributed by atoms with Gasteiger partial charge in [0.15, 0.2) is 0 Å². The summed E-state index contributed by atoms with van der Waals surface area (Å²) in [4.78, 5) is 2.49. The molecular weight excluding hydrogens is 250 g/mol. The van der Waals surface area contributed by atoms with Gasteiger partial charge in [-0.3, -0.25) is 0 Å². The summed E-state index contributed by atoms with van der Waals surface area (Å²) in [5.74, 6) is 1.08. The van der Waals surface area contributed by atoms with E-state index in [4.69, 9.17) is 9.84 Å². The van der Waals surface area contributed by atoms with Gasteiger partial charge >= 0.3 is 0 Å². The van der Waals surface area contributed by atoms with E-state index in [9.17, 15) is 0 Å². The number of nitrogens with zero attached hydrogens (tertiary/aromatic N) is 1. The second-order valence-corrected chi connectivity index (χ2v) is 5.81. The molecule has 0 radical (unpaired) electrons. The molecule has 2 rings (SSSR count). The number of benzene rings is 1. The van der Waals surface area contributed by atoms with E-state index in [1.54, 1.807) is 0 Å². The highest BCUT2D eigenvalue weighted by atomic mass is 16.5. The van der Waals surface area contributed by atoms with Crippen LogP contribution in [-0.2, 0) is 0 Å². The van der Waals surface area contributed by atoms with Gasteiger partial charge in [0, 0.05) is 19.7 Å². The van der Waals surface area contributed by atoms with Crippen molar-refractivity contribution in [3.8, 4) is 5.75 Å². The molecule has 3 nitrogen and oxygen atoms in total. The molecule has 1 fully saturated rings. The fraction of sp³-hybridized carbons (Fsp3) is 0.647. The summed E-state index contributed by atoms with van der Waals surface area (Å²) in [7, 11) is 0. The smallest absolute Gasteiger partial charge is 0.125 e. The van der Waals surface area contributed by atoms with Gasteiger partial charge in [-0.2, -0.15) is 0 Å². The average Bonchev–Trinajstić information content (AvgIpc) is 2.45. The predicted molar refractivity (Wildman–Crippen MR) is 82.3 cm³/mol. The van der Waals surface area contributed by atoms with Crippen molar-refractivity contribution in [1.29, 1.82) is 0 Å². The molecule has 20 heavy (non-hydrogen) atoms. The number of hydrogen-bond acceptors (Lipinski definition) is 3. The second kappa shape index (κ2) is 7.65. The van der Waals surface area contributed by atoms with E-state index in [1.165, 1.54) is 11.1 Å². The molecule has 0 atom stereocenters. The molecule has 1 N–H and O–H groups in total. The second-order valence-electron chi connectivity index (χ2n) is 5.81. The third kappa shape index (κ3) is 4.22. The Kier molecular flexibility index (Phi) is 5.86. The first-order chi connectivity index (χ1) is 9.70. The number of rotatable bonds is 6. The number of unbranched alkanes of at least 4 members (excludes halogenated alkanes) is 1. The van der Waals surface area contributed by atoms with E-state index in [2.05, 4.69) is 36.9 Å². The van der Waals surface area contributed by atoms with Gasteiger partial charge in [0.25, 0.3) is 0 Å². The third-order valence-corrected chi connectivity index (χ3v) is 4.11. The van der Waals surface area contributed by atoms with Crippen molar-refractivity contribution in [1.82, 2.24) is 4.90 Å². The highest BCUT2D eigenvalue weighted by Crippen LogP contribution is 2.26. The van der Waals surface area contributed by atoms with Crippen LogP contribution in [0.1, 0.15) is 36.8 Å². The normalized spacial score (nSPS) is 17.4. The molecule has 1 aromatic rings. The van der Waals surface area contributed by atoms with Crippen LogP contribution >= 0.6 is 0 Å². The molecule has 1 heterocycles. The van der Waals surface area contributed by atoms with Crippen LogP contribution in [0.25, 0.3) is 0 Å².